The molecule has 110 valence electrons. The molecule has 2 fully saturated rings. The summed E-state index contributed by atoms with van der Waals surface area (Å²) in [5.41, 5.74) is 1.99. The van der Waals surface area contributed by atoms with Crippen molar-refractivity contribution in [3.8, 4) is 0 Å². The Bertz CT molecular complexity index is 472. The van der Waals surface area contributed by atoms with Crippen molar-refractivity contribution in [3.63, 3.8) is 0 Å². The highest BCUT2D eigenvalue weighted by Crippen LogP contribution is 2.32. The van der Waals surface area contributed by atoms with E-state index in [9.17, 15) is 5.11 Å². The number of hydrogen-bond acceptors (Lipinski definition) is 3. The van der Waals surface area contributed by atoms with Crippen LogP contribution in [0.25, 0.3) is 0 Å². The Labute approximate surface area is 126 Å². The van der Waals surface area contributed by atoms with Gasteiger partial charge in [0, 0.05) is 19.1 Å². The molecule has 2 atom stereocenters. The van der Waals surface area contributed by atoms with E-state index in [1.807, 2.05) is 12.1 Å². The highest BCUT2D eigenvalue weighted by molar-refractivity contribution is 6.33. The molecular formula is C16H23ClN2O. The Morgan fingerprint density at radius 3 is 2.65 bits per heavy atom. The van der Waals surface area contributed by atoms with E-state index in [-0.39, 0.29) is 0 Å². The zero-order valence-corrected chi connectivity index (χ0v) is 12.8. The number of anilines is 1. The van der Waals surface area contributed by atoms with Crippen LogP contribution in [0.3, 0.4) is 0 Å². The average molecular weight is 295 g/mol. The standard InChI is InChI=1S/C16H23ClN2O/c1-12(20)13-4-5-16(15(17)10-13)19-9-6-14(11-19)18-7-2-3-8-18/h4-5,10,12,14,20H,2-3,6-9,11H2,1H3/t12-,14?/m0/s1. The third-order valence-corrected chi connectivity index (χ3v) is 4.92. The van der Waals surface area contributed by atoms with Gasteiger partial charge in [-0.25, -0.2) is 0 Å². The Morgan fingerprint density at radius 1 is 1.25 bits per heavy atom. The molecule has 0 saturated carbocycles. The van der Waals surface area contributed by atoms with Crippen LogP contribution in [-0.2, 0) is 0 Å². The van der Waals surface area contributed by atoms with E-state index in [2.05, 4.69) is 15.9 Å². The SMILES string of the molecule is C[C@H](O)c1ccc(N2CCC(N3CCCC3)C2)c(Cl)c1. The summed E-state index contributed by atoms with van der Waals surface area (Å²) >= 11 is 6.39. The minimum absolute atomic E-state index is 0.461. The Morgan fingerprint density at radius 2 is 2.00 bits per heavy atom. The van der Waals surface area contributed by atoms with E-state index in [1.54, 1.807) is 6.92 Å². The van der Waals surface area contributed by atoms with Gasteiger partial charge in [0.1, 0.15) is 0 Å². The smallest absolute Gasteiger partial charge is 0.0762 e. The predicted octanol–water partition coefficient (Wildman–Crippen LogP) is 3.07. The summed E-state index contributed by atoms with van der Waals surface area (Å²) < 4.78 is 0. The first-order chi connectivity index (χ1) is 9.65. The van der Waals surface area contributed by atoms with Crippen molar-refractivity contribution in [2.45, 2.75) is 38.3 Å². The van der Waals surface area contributed by atoms with Gasteiger partial charge in [0.05, 0.1) is 16.8 Å². The number of benzene rings is 1. The zero-order chi connectivity index (χ0) is 14.1. The van der Waals surface area contributed by atoms with Gasteiger partial charge in [-0.2, -0.15) is 0 Å². The van der Waals surface area contributed by atoms with Gasteiger partial charge in [-0.05, 0) is 57.0 Å². The maximum atomic E-state index is 9.61. The van der Waals surface area contributed by atoms with Crippen LogP contribution in [0.5, 0.6) is 0 Å². The summed E-state index contributed by atoms with van der Waals surface area (Å²) in [5.74, 6) is 0. The normalized spacial score (nSPS) is 25.4. The zero-order valence-electron chi connectivity index (χ0n) is 12.1. The lowest BCUT2D eigenvalue weighted by Gasteiger charge is -2.25. The molecule has 20 heavy (non-hydrogen) atoms. The monoisotopic (exact) mass is 294 g/mol. The van der Waals surface area contributed by atoms with Gasteiger partial charge in [-0.15, -0.1) is 0 Å². The van der Waals surface area contributed by atoms with Crippen LogP contribution in [-0.4, -0.2) is 42.2 Å². The molecule has 4 heteroatoms. The van der Waals surface area contributed by atoms with Gasteiger partial charge >= 0.3 is 0 Å². The van der Waals surface area contributed by atoms with Gasteiger partial charge in [0.25, 0.3) is 0 Å². The van der Waals surface area contributed by atoms with Gasteiger partial charge in [-0.1, -0.05) is 17.7 Å². The molecule has 2 saturated heterocycles. The van der Waals surface area contributed by atoms with E-state index in [4.69, 9.17) is 11.6 Å². The predicted molar refractivity (Wildman–Crippen MR) is 83.5 cm³/mol. The van der Waals surface area contributed by atoms with Crippen molar-refractivity contribution >= 4 is 17.3 Å². The second-order valence-electron chi connectivity index (χ2n) is 6.02. The quantitative estimate of drug-likeness (QED) is 0.928. The molecular weight excluding hydrogens is 272 g/mol. The van der Waals surface area contributed by atoms with Crippen LogP contribution in [0.4, 0.5) is 5.69 Å². The Kier molecular flexibility index (Phi) is 4.20. The number of likely N-dealkylation sites (tertiary alicyclic amines) is 1. The molecule has 2 aliphatic rings. The van der Waals surface area contributed by atoms with E-state index in [1.165, 1.54) is 32.4 Å². The minimum atomic E-state index is -0.461. The number of aliphatic hydroxyl groups is 1. The first kappa shape index (κ1) is 14.2. The molecule has 0 radical (unpaired) electrons. The average Bonchev–Trinajstić information content (AvgIpc) is 3.09. The first-order valence-electron chi connectivity index (χ1n) is 7.61. The van der Waals surface area contributed by atoms with Crippen molar-refractivity contribution < 1.29 is 5.11 Å². The van der Waals surface area contributed by atoms with Gasteiger partial charge in [0.15, 0.2) is 0 Å². The second kappa shape index (κ2) is 5.92. The molecule has 3 rings (SSSR count). The van der Waals surface area contributed by atoms with E-state index in [0.29, 0.717) is 6.04 Å². The van der Waals surface area contributed by atoms with E-state index >= 15 is 0 Å². The number of rotatable bonds is 3. The van der Waals surface area contributed by atoms with Gasteiger partial charge < -0.3 is 10.0 Å². The van der Waals surface area contributed by atoms with Crippen LogP contribution < -0.4 is 4.90 Å². The van der Waals surface area contributed by atoms with Crippen molar-refractivity contribution in [1.29, 1.82) is 0 Å². The third kappa shape index (κ3) is 2.80. The van der Waals surface area contributed by atoms with Gasteiger partial charge in [0.2, 0.25) is 0 Å². The van der Waals surface area contributed by atoms with Crippen LogP contribution >= 0.6 is 11.6 Å². The minimum Gasteiger partial charge on any atom is -0.389 e. The molecule has 2 aliphatic heterocycles. The van der Waals surface area contributed by atoms with E-state index in [0.717, 1.165) is 29.4 Å². The molecule has 0 aliphatic carbocycles. The fraction of sp³-hybridized carbons (Fsp3) is 0.625. The van der Waals surface area contributed by atoms with Crippen molar-refractivity contribution in [2.24, 2.45) is 0 Å². The van der Waals surface area contributed by atoms with Crippen molar-refractivity contribution in [2.75, 3.05) is 31.1 Å². The number of aliphatic hydroxyl groups excluding tert-OH is 1. The fourth-order valence-electron chi connectivity index (χ4n) is 3.40. The summed E-state index contributed by atoms with van der Waals surface area (Å²) in [4.78, 5) is 5.01. The van der Waals surface area contributed by atoms with Crippen LogP contribution in [0, 0.1) is 0 Å². The maximum absolute atomic E-state index is 9.61. The topological polar surface area (TPSA) is 26.7 Å². The molecule has 2 heterocycles. The van der Waals surface area contributed by atoms with E-state index < -0.39 is 6.10 Å². The molecule has 1 aromatic carbocycles. The molecule has 0 spiro atoms. The molecule has 0 amide bonds. The number of nitrogens with zero attached hydrogens (tertiary/aromatic N) is 2. The summed E-state index contributed by atoms with van der Waals surface area (Å²) in [6, 6.07) is 6.61. The molecule has 1 unspecified atom stereocenters. The lowest BCUT2D eigenvalue weighted by Crippen LogP contribution is -2.35. The molecule has 3 nitrogen and oxygen atoms in total. The summed E-state index contributed by atoms with van der Waals surface area (Å²) in [6.07, 6.45) is 3.47. The fourth-order valence-corrected chi connectivity index (χ4v) is 3.71. The van der Waals surface area contributed by atoms with Crippen molar-refractivity contribution in [3.05, 3.63) is 28.8 Å². The lowest BCUT2D eigenvalue weighted by molar-refractivity contribution is 0.199. The van der Waals surface area contributed by atoms with Gasteiger partial charge in [-0.3, -0.25) is 4.90 Å². The molecule has 0 aromatic heterocycles. The number of hydrogen-bond donors (Lipinski definition) is 1. The summed E-state index contributed by atoms with van der Waals surface area (Å²) in [7, 11) is 0. The second-order valence-corrected chi connectivity index (χ2v) is 6.43. The van der Waals surface area contributed by atoms with Crippen molar-refractivity contribution in [1.82, 2.24) is 4.90 Å². The van der Waals surface area contributed by atoms with Crippen LogP contribution in [0.1, 0.15) is 37.9 Å². The third-order valence-electron chi connectivity index (χ3n) is 4.62. The highest BCUT2D eigenvalue weighted by Gasteiger charge is 2.30. The maximum Gasteiger partial charge on any atom is 0.0762 e. The highest BCUT2D eigenvalue weighted by atomic mass is 35.5. The summed E-state index contributed by atoms with van der Waals surface area (Å²) in [6.45, 7) is 6.44. The van der Waals surface area contributed by atoms with Crippen LogP contribution in [0.15, 0.2) is 18.2 Å². The Balaban J connectivity index is 1.71. The summed E-state index contributed by atoms with van der Waals surface area (Å²) in [5, 5.41) is 10.4. The lowest BCUT2D eigenvalue weighted by atomic mass is 10.1. The molecule has 1 aromatic rings. The molecule has 0 bridgehead atoms. The Hall–Kier alpha value is -0.770. The largest absolute Gasteiger partial charge is 0.389 e. The number of halogens is 1. The first-order valence-corrected chi connectivity index (χ1v) is 7.99. The molecule has 1 N–H and O–H groups in total. The van der Waals surface area contributed by atoms with Crippen LogP contribution in [0.2, 0.25) is 5.02 Å².